The number of aliphatic hydroxyl groups excluding tert-OH is 2. The molecule has 1 aromatic carbocycles. The number of hydrogen-bond acceptors (Lipinski definition) is 5. The lowest BCUT2D eigenvalue weighted by Gasteiger charge is -2.62. The van der Waals surface area contributed by atoms with Crippen molar-refractivity contribution in [3.8, 4) is 0 Å². The third-order valence-electron chi connectivity index (χ3n) is 11.7. The molecule has 0 spiro atoms. The summed E-state index contributed by atoms with van der Waals surface area (Å²) in [6.07, 6.45) is 8.76. The normalized spacial score (nSPS) is 41.5. The Hall–Kier alpha value is -1.48. The van der Waals surface area contributed by atoms with Gasteiger partial charge >= 0.3 is 0 Å². The van der Waals surface area contributed by atoms with Crippen molar-refractivity contribution in [3.05, 3.63) is 24.3 Å². The molecule has 7 nitrogen and oxygen atoms in total. The van der Waals surface area contributed by atoms with E-state index in [0.29, 0.717) is 41.9 Å². The van der Waals surface area contributed by atoms with Gasteiger partial charge in [0.15, 0.2) is 0 Å². The van der Waals surface area contributed by atoms with Gasteiger partial charge < -0.3 is 15.5 Å². The van der Waals surface area contributed by atoms with Crippen molar-refractivity contribution >= 4 is 21.6 Å². The highest BCUT2D eigenvalue weighted by Crippen LogP contribution is 2.68. The smallest absolute Gasteiger partial charge is 0.240 e. The number of aliphatic hydroxyl groups is 2. The molecule has 5 N–H and O–H groups in total. The summed E-state index contributed by atoms with van der Waals surface area (Å²) in [7, 11) is -3.92. The minimum Gasteiger partial charge on any atom is -0.393 e. The predicted molar refractivity (Wildman–Crippen MR) is 147 cm³/mol. The van der Waals surface area contributed by atoms with Crippen LogP contribution in [0.4, 0.5) is 5.69 Å². The summed E-state index contributed by atoms with van der Waals surface area (Å²) in [6.45, 7) is 7.14. The maximum Gasteiger partial charge on any atom is 0.240 e. The second-order valence-electron chi connectivity index (χ2n) is 13.6. The molecule has 10 atom stereocenters. The van der Waals surface area contributed by atoms with E-state index in [1.165, 1.54) is 12.5 Å². The molecule has 0 bridgehead atoms. The first kappa shape index (κ1) is 28.1. The van der Waals surface area contributed by atoms with Gasteiger partial charge in [0.05, 0.1) is 17.9 Å². The van der Waals surface area contributed by atoms with Crippen LogP contribution in [0.3, 0.4) is 0 Å². The van der Waals surface area contributed by atoms with Crippen molar-refractivity contribution in [1.82, 2.24) is 0 Å². The molecule has 0 heterocycles. The number of benzene rings is 1. The molecule has 0 unspecified atom stereocenters. The fourth-order valence-electron chi connectivity index (χ4n) is 9.77. The van der Waals surface area contributed by atoms with Crippen molar-refractivity contribution in [3.63, 3.8) is 0 Å². The number of rotatable bonds is 6. The van der Waals surface area contributed by atoms with Crippen LogP contribution >= 0.6 is 0 Å². The molecule has 4 aliphatic rings. The summed E-state index contributed by atoms with van der Waals surface area (Å²) in [6, 6.07) is 6.24. The van der Waals surface area contributed by atoms with Gasteiger partial charge in [-0.15, -0.1) is 0 Å². The van der Waals surface area contributed by atoms with E-state index >= 15 is 0 Å². The Morgan fingerprint density at radius 2 is 1.74 bits per heavy atom. The first-order valence-electron chi connectivity index (χ1n) is 14.6. The number of para-hydroxylation sites is 1. The summed E-state index contributed by atoms with van der Waals surface area (Å²) in [5.41, 5.74) is 0.613. The standard InChI is InChI=1S/C30H46N2O5S/c1-18(8-11-27(35)32-24-6-4-5-7-26(24)38(31,36)37)21-9-10-22-28-23(13-15-30(21,22)3)29(2)14-12-20(33)16-19(29)17-25(28)34/h4-7,18-23,25,28,33-34H,8-17H2,1-3H3,(H,32,35)(H2,31,36,37)/t18-,19+,20-,21-,22+,23+,25+,28+,29+,30-/m1/s1. The van der Waals surface area contributed by atoms with Crippen LogP contribution in [0.5, 0.6) is 0 Å². The van der Waals surface area contributed by atoms with Gasteiger partial charge in [-0.05, 0) is 116 Å². The number of amides is 1. The minimum absolute atomic E-state index is 0.0706. The van der Waals surface area contributed by atoms with Crippen LogP contribution in [0.2, 0.25) is 0 Å². The number of carbonyl (C=O) groups is 1. The van der Waals surface area contributed by atoms with Gasteiger partial charge in [-0.1, -0.05) is 32.9 Å². The third kappa shape index (κ3) is 4.84. The molecule has 0 radical (unpaired) electrons. The molecule has 1 aromatic rings. The maximum absolute atomic E-state index is 12.8. The summed E-state index contributed by atoms with van der Waals surface area (Å²) >= 11 is 0. The number of nitrogens with one attached hydrogen (secondary N) is 1. The van der Waals surface area contributed by atoms with Gasteiger partial charge in [0.2, 0.25) is 15.9 Å². The van der Waals surface area contributed by atoms with E-state index in [4.69, 9.17) is 5.14 Å². The molecule has 212 valence electrons. The Morgan fingerprint density at radius 1 is 1.05 bits per heavy atom. The molecule has 8 heteroatoms. The second kappa shape index (κ2) is 10.2. The fourth-order valence-corrected chi connectivity index (χ4v) is 10.5. The molecule has 4 fully saturated rings. The lowest BCUT2D eigenvalue weighted by Crippen LogP contribution is -2.58. The number of nitrogens with two attached hydrogens (primary N) is 1. The van der Waals surface area contributed by atoms with Crippen molar-refractivity contribution in [2.45, 2.75) is 102 Å². The molecule has 0 aromatic heterocycles. The molecule has 1 amide bonds. The number of sulfonamides is 1. The van der Waals surface area contributed by atoms with Crippen LogP contribution in [0.25, 0.3) is 0 Å². The Labute approximate surface area is 228 Å². The second-order valence-corrected chi connectivity index (χ2v) is 15.1. The molecular weight excluding hydrogens is 500 g/mol. The largest absolute Gasteiger partial charge is 0.393 e. The van der Waals surface area contributed by atoms with Crippen LogP contribution in [0, 0.1) is 46.3 Å². The van der Waals surface area contributed by atoms with Crippen LogP contribution in [0.1, 0.15) is 85.0 Å². The van der Waals surface area contributed by atoms with Crippen molar-refractivity contribution in [2.75, 3.05) is 5.32 Å². The van der Waals surface area contributed by atoms with E-state index in [0.717, 1.165) is 51.4 Å². The minimum atomic E-state index is -3.92. The number of hydrogen-bond donors (Lipinski definition) is 4. The Kier molecular flexibility index (Phi) is 7.51. The van der Waals surface area contributed by atoms with Gasteiger partial charge in [-0.3, -0.25) is 4.79 Å². The van der Waals surface area contributed by atoms with Gasteiger partial charge in [-0.2, -0.15) is 0 Å². The average Bonchev–Trinajstić information content (AvgIpc) is 3.20. The van der Waals surface area contributed by atoms with Crippen LogP contribution in [0.15, 0.2) is 29.2 Å². The van der Waals surface area contributed by atoms with E-state index < -0.39 is 10.0 Å². The van der Waals surface area contributed by atoms with E-state index in [1.807, 2.05) is 0 Å². The van der Waals surface area contributed by atoms with Gasteiger partial charge in [0, 0.05) is 6.42 Å². The highest BCUT2D eigenvalue weighted by Gasteiger charge is 2.62. The van der Waals surface area contributed by atoms with Gasteiger partial charge in [0.1, 0.15) is 4.90 Å². The Bertz CT molecular complexity index is 1160. The average molecular weight is 547 g/mol. The molecule has 0 aliphatic heterocycles. The summed E-state index contributed by atoms with van der Waals surface area (Å²) in [5, 5.41) is 29.8. The number of anilines is 1. The first-order valence-corrected chi connectivity index (χ1v) is 16.2. The zero-order valence-corrected chi connectivity index (χ0v) is 23.9. The fraction of sp³-hybridized carbons (Fsp3) is 0.767. The van der Waals surface area contributed by atoms with Crippen LogP contribution < -0.4 is 10.5 Å². The van der Waals surface area contributed by atoms with E-state index in [1.54, 1.807) is 18.2 Å². The highest BCUT2D eigenvalue weighted by molar-refractivity contribution is 7.89. The lowest BCUT2D eigenvalue weighted by atomic mass is 9.43. The molecular formula is C30H46N2O5S. The first-order chi connectivity index (χ1) is 17.8. The molecule has 5 rings (SSSR count). The zero-order valence-electron chi connectivity index (χ0n) is 23.1. The van der Waals surface area contributed by atoms with Crippen molar-refractivity contribution in [2.24, 2.45) is 51.5 Å². The van der Waals surface area contributed by atoms with Gasteiger partial charge in [-0.25, -0.2) is 13.6 Å². The summed E-state index contributed by atoms with van der Waals surface area (Å²) in [5.74, 6) is 2.45. The van der Waals surface area contributed by atoms with Crippen molar-refractivity contribution < 1.29 is 23.4 Å². The lowest BCUT2D eigenvalue weighted by molar-refractivity contribution is -0.174. The predicted octanol–water partition coefficient (Wildman–Crippen LogP) is 4.68. The zero-order chi connectivity index (χ0) is 27.5. The topological polar surface area (TPSA) is 130 Å². The molecule has 38 heavy (non-hydrogen) atoms. The Balaban J connectivity index is 1.24. The Morgan fingerprint density at radius 3 is 2.47 bits per heavy atom. The summed E-state index contributed by atoms with van der Waals surface area (Å²) in [4.78, 5) is 12.7. The van der Waals surface area contributed by atoms with E-state index in [9.17, 15) is 23.4 Å². The van der Waals surface area contributed by atoms with Crippen molar-refractivity contribution in [1.29, 1.82) is 0 Å². The van der Waals surface area contributed by atoms with E-state index in [2.05, 4.69) is 26.1 Å². The van der Waals surface area contributed by atoms with Gasteiger partial charge in [0.25, 0.3) is 0 Å². The van der Waals surface area contributed by atoms with E-state index in [-0.39, 0.29) is 39.5 Å². The SMILES string of the molecule is C[C@H](CCC(=O)Nc1ccccc1S(N)(=O)=O)[C@H]1CC[C@H]2[C@@H]3[C@@H](O)C[C@@H]4C[C@H](O)CC[C@]4(C)[C@H]3CC[C@]12C. The van der Waals surface area contributed by atoms with Crippen LogP contribution in [-0.4, -0.2) is 36.7 Å². The molecule has 0 saturated heterocycles. The van der Waals surface area contributed by atoms with Crippen LogP contribution in [-0.2, 0) is 14.8 Å². The monoisotopic (exact) mass is 546 g/mol. The molecule has 4 saturated carbocycles. The third-order valence-corrected chi connectivity index (χ3v) is 12.7. The number of carbonyl (C=O) groups excluding carboxylic acids is 1. The highest BCUT2D eigenvalue weighted by atomic mass is 32.2. The maximum atomic E-state index is 12.8. The molecule has 4 aliphatic carbocycles. The summed E-state index contributed by atoms with van der Waals surface area (Å²) < 4.78 is 23.8. The number of fused-ring (bicyclic) bond motifs is 5. The quantitative estimate of drug-likeness (QED) is 0.412. The number of primary sulfonamides is 1.